The first-order chi connectivity index (χ1) is 13.7. The zero-order chi connectivity index (χ0) is 19.3. The molecule has 138 valence electrons. The van der Waals surface area contributed by atoms with Crippen LogP contribution < -0.4 is 5.43 Å². The molecule has 0 bridgehead atoms. The molecule has 2 aromatic carbocycles. The number of hydrogen-bond acceptors (Lipinski definition) is 4. The van der Waals surface area contributed by atoms with Gasteiger partial charge in [0.1, 0.15) is 5.69 Å². The van der Waals surface area contributed by atoms with Gasteiger partial charge in [-0.05, 0) is 13.0 Å². The van der Waals surface area contributed by atoms with Gasteiger partial charge in [0, 0.05) is 28.3 Å². The van der Waals surface area contributed by atoms with Gasteiger partial charge in [-0.1, -0.05) is 60.7 Å². The van der Waals surface area contributed by atoms with E-state index in [0.717, 1.165) is 27.4 Å². The first kappa shape index (κ1) is 17.9. The standard InChI is InChI=1S/C22H18N4OS/c1-15-24-20(14-28-15)18-12-19(23-13-18)22(27)26-25-21(16-8-4-2-5-9-16)17-10-6-3-7-11-17/h2-14,23H,1H3,(H,26,27). The molecule has 0 aliphatic rings. The lowest BCUT2D eigenvalue weighted by molar-refractivity contribution is 0.0950. The van der Waals surface area contributed by atoms with Gasteiger partial charge in [0.25, 0.3) is 5.91 Å². The molecule has 0 spiro atoms. The molecule has 1 amide bonds. The molecule has 6 heteroatoms. The largest absolute Gasteiger partial charge is 0.356 e. The van der Waals surface area contributed by atoms with Gasteiger partial charge < -0.3 is 4.98 Å². The maximum Gasteiger partial charge on any atom is 0.287 e. The van der Waals surface area contributed by atoms with Crippen molar-refractivity contribution >= 4 is 23.0 Å². The van der Waals surface area contributed by atoms with E-state index in [1.165, 1.54) is 0 Å². The Labute approximate surface area is 166 Å². The minimum absolute atomic E-state index is 0.303. The third-order valence-corrected chi connectivity index (χ3v) is 4.98. The highest BCUT2D eigenvalue weighted by atomic mass is 32.1. The molecule has 0 saturated heterocycles. The number of thiazole rings is 1. The summed E-state index contributed by atoms with van der Waals surface area (Å²) in [5.41, 5.74) is 7.40. The van der Waals surface area contributed by atoms with Gasteiger partial charge in [0.2, 0.25) is 0 Å². The normalized spacial score (nSPS) is 10.5. The zero-order valence-electron chi connectivity index (χ0n) is 15.2. The molecule has 4 aromatic rings. The third kappa shape index (κ3) is 3.92. The monoisotopic (exact) mass is 386 g/mol. The molecule has 2 heterocycles. The zero-order valence-corrected chi connectivity index (χ0v) is 16.0. The summed E-state index contributed by atoms with van der Waals surface area (Å²) in [6, 6.07) is 21.3. The molecular formula is C22H18N4OS. The van der Waals surface area contributed by atoms with E-state index in [2.05, 4.69) is 20.5 Å². The molecule has 2 N–H and O–H groups in total. The van der Waals surface area contributed by atoms with Crippen LogP contribution in [0.2, 0.25) is 0 Å². The maximum absolute atomic E-state index is 12.6. The van der Waals surface area contributed by atoms with E-state index in [9.17, 15) is 4.79 Å². The van der Waals surface area contributed by atoms with Crippen molar-refractivity contribution in [2.24, 2.45) is 5.10 Å². The summed E-state index contributed by atoms with van der Waals surface area (Å²) >= 11 is 1.58. The molecule has 0 aliphatic carbocycles. The van der Waals surface area contributed by atoms with E-state index in [1.807, 2.05) is 73.0 Å². The Morgan fingerprint density at radius 2 is 1.68 bits per heavy atom. The summed E-state index contributed by atoms with van der Waals surface area (Å²) in [7, 11) is 0. The van der Waals surface area contributed by atoms with E-state index in [4.69, 9.17) is 0 Å². The van der Waals surface area contributed by atoms with Crippen molar-refractivity contribution in [1.29, 1.82) is 0 Å². The molecule has 0 unspecified atom stereocenters. The quantitative estimate of drug-likeness (QED) is 0.388. The van der Waals surface area contributed by atoms with Crippen molar-refractivity contribution in [3.05, 3.63) is 100 Å². The number of nitrogens with one attached hydrogen (secondary N) is 2. The molecular weight excluding hydrogens is 368 g/mol. The smallest absolute Gasteiger partial charge is 0.287 e. The third-order valence-electron chi connectivity index (χ3n) is 4.21. The van der Waals surface area contributed by atoms with Crippen LogP contribution in [0.1, 0.15) is 26.6 Å². The molecule has 0 radical (unpaired) electrons. The number of aryl methyl sites for hydroxylation is 1. The van der Waals surface area contributed by atoms with E-state index in [0.29, 0.717) is 11.4 Å². The second kappa shape index (κ2) is 8.02. The molecule has 2 aromatic heterocycles. The van der Waals surface area contributed by atoms with Crippen molar-refractivity contribution in [1.82, 2.24) is 15.4 Å². The second-order valence-electron chi connectivity index (χ2n) is 6.19. The van der Waals surface area contributed by atoms with Crippen LogP contribution in [0.4, 0.5) is 0 Å². The van der Waals surface area contributed by atoms with Crippen molar-refractivity contribution in [3.8, 4) is 11.3 Å². The van der Waals surface area contributed by atoms with E-state index < -0.39 is 0 Å². The fourth-order valence-corrected chi connectivity index (χ4v) is 3.45. The van der Waals surface area contributed by atoms with Gasteiger partial charge >= 0.3 is 0 Å². The van der Waals surface area contributed by atoms with E-state index in [1.54, 1.807) is 23.6 Å². The van der Waals surface area contributed by atoms with E-state index >= 15 is 0 Å². The summed E-state index contributed by atoms with van der Waals surface area (Å²) < 4.78 is 0. The molecule has 28 heavy (non-hydrogen) atoms. The topological polar surface area (TPSA) is 70.1 Å². The summed E-state index contributed by atoms with van der Waals surface area (Å²) in [6.07, 6.45) is 1.78. The highest BCUT2D eigenvalue weighted by Gasteiger charge is 2.12. The number of aromatic nitrogens is 2. The van der Waals surface area contributed by atoms with E-state index in [-0.39, 0.29) is 5.91 Å². The number of amides is 1. The average molecular weight is 386 g/mol. The van der Waals surface area contributed by atoms with Crippen LogP contribution in [0.25, 0.3) is 11.3 Å². The molecule has 4 rings (SSSR count). The van der Waals surface area contributed by atoms with Crippen LogP contribution in [-0.2, 0) is 0 Å². The fourth-order valence-electron chi connectivity index (χ4n) is 2.82. The van der Waals surface area contributed by atoms with Gasteiger partial charge in [0.05, 0.1) is 16.4 Å². The summed E-state index contributed by atoms with van der Waals surface area (Å²) in [4.78, 5) is 20.0. The summed E-state index contributed by atoms with van der Waals surface area (Å²) in [5.74, 6) is -0.303. The van der Waals surface area contributed by atoms with Crippen LogP contribution in [0, 0.1) is 6.92 Å². The Morgan fingerprint density at radius 1 is 1.04 bits per heavy atom. The average Bonchev–Trinajstić information content (AvgIpc) is 3.39. The Kier molecular flexibility index (Phi) is 5.12. The number of rotatable bonds is 5. The highest BCUT2D eigenvalue weighted by molar-refractivity contribution is 7.09. The number of carbonyl (C=O) groups excluding carboxylic acids is 1. The minimum Gasteiger partial charge on any atom is -0.356 e. The Bertz CT molecular complexity index is 1070. The number of hydrazone groups is 1. The first-order valence-electron chi connectivity index (χ1n) is 8.80. The predicted octanol–water partition coefficient (Wildman–Crippen LogP) is 4.63. The minimum atomic E-state index is -0.303. The van der Waals surface area contributed by atoms with Crippen molar-refractivity contribution in [2.75, 3.05) is 0 Å². The lowest BCUT2D eigenvalue weighted by Gasteiger charge is -2.07. The molecule has 0 aliphatic heterocycles. The van der Waals surface area contributed by atoms with Gasteiger partial charge in [-0.3, -0.25) is 4.79 Å². The van der Waals surface area contributed by atoms with Crippen molar-refractivity contribution in [3.63, 3.8) is 0 Å². The van der Waals surface area contributed by atoms with Crippen LogP contribution in [0.3, 0.4) is 0 Å². The number of carbonyl (C=O) groups is 1. The molecule has 0 fully saturated rings. The van der Waals surface area contributed by atoms with Gasteiger partial charge in [-0.2, -0.15) is 5.10 Å². The number of benzene rings is 2. The number of aromatic amines is 1. The van der Waals surface area contributed by atoms with Crippen LogP contribution in [0.5, 0.6) is 0 Å². The second-order valence-corrected chi connectivity index (χ2v) is 7.25. The van der Waals surface area contributed by atoms with Gasteiger partial charge in [-0.15, -0.1) is 11.3 Å². The number of hydrogen-bond donors (Lipinski definition) is 2. The first-order valence-corrected chi connectivity index (χ1v) is 9.68. The van der Waals surface area contributed by atoms with Gasteiger partial charge in [0.15, 0.2) is 0 Å². The van der Waals surface area contributed by atoms with Crippen molar-refractivity contribution in [2.45, 2.75) is 6.92 Å². The number of H-pyrrole nitrogens is 1. The highest BCUT2D eigenvalue weighted by Crippen LogP contribution is 2.22. The predicted molar refractivity (Wildman–Crippen MR) is 113 cm³/mol. The lowest BCUT2D eigenvalue weighted by atomic mass is 10.0. The molecule has 5 nitrogen and oxygen atoms in total. The van der Waals surface area contributed by atoms with Crippen LogP contribution in [-0.4, -0.2) is 21.6 Å². The summed E-state index contributed by atoms with van der Waals surface area (Å²) in [6.45, 7) is 1.96. The van der Waals surface area contributed by atoms with Crippen molar-refractivity contribution < 1.29 is 4.79 Å². The van der Waals surface area contributed by atoms with Gasteiger partial charge in [-0.25, -0.2) is 10.4 Å². The van der Waals surface area contributed by atoms with Crippen LogP contribution in [0.15, 0.2) is 83.4 Å². The fraction of sp³-hybridized carbons (Fsp3) is 0.0455. The number of nitrogens with zero attached hydrogens (tertiary/aromatic N) is 2. The summed E-state index contributed by atoms with van der Waals surface area (Å²) in [5, 5.41) is 7.37. The molecule has 0 atom stereocenters. The SMILES string of the molecule is Cc1nc(-c2c[nH]c(C(=O)NN=C(c3ccccc3)c3ccccc3)c2)cs1. The molecule has 0 saturated carbocycles. The Hall–Kier alpha value is -3.51. The van der Waals surface area contributed by atoms with Crippen LogP contribution >= 0.6 is 11.3 Å². The Morgan fingerprint density at radius 3 is 2.25 bits per heavy atom. The lowest BCUT2D eigenvalue weighted by Crippen LogP contribution is -2.20. The Balaban J connectivity index is 1.58. The maximum atomic E-state index is 12.6.